The zero-order chi connectivity index (χ0) is 12.5. The van der Waals surface area contributed by atoms with Gasteiger partial charge in [0.15, 0.2) is 10.9 Å². The number of carboxylic acid groups (broad SMARTS) is 1. The molecule has 5 nitrogen and oxygen atoms in total. The van der Waals surface area contributed by atoms with Crippen molar-refractivity contribution in [2.75, 3.05) is 18.0 Å². The number of aromatic nitrogens is 1. The maximum atomic E-state index is 10.8. The fourth-order valence-corrected chi connectivity index (χ4v) is 2.88. The molecule has 3 rings (SSSR count). The summed E-state index contributed by atoms with van der Waals surface area (Å²) in [6.07, 6.45) is 3.66. The molecule has 0 saturated carbocycles. The van der Waals surface area contributed by atoms with Gasteiger partial charge in [0.1, 0.15) is 12.0 Å². The summed E-state index contributed by atoms with van der Waals surface area (Å²) in [5, 5.41) is 11.7. The third kappa shape index (κ3) is 1.99. The predicted molar refractivity (Wildman–Crippen MR) is 68.2 cm³/mol. The fourth-order valence-electron chi connectivity index (χ4n) is 2.01. The third-order valence-electron chi connectivity index (χ3n) is 2.97. The summed E-state index contributed by atoms with van der Waals surface area (Å²) in [4.78, 5) is 17.5. The van der Waals surface area contributed by atoms with Gasteiger partial charge < -0.3 is 14.4 Å². The lowest BCUT2D eigenvalue weighted by atomic mass is 10.3. The smallest absolute Gasteiger partial charge is 0.338 e. The lowest BCUT2D eigenvalue weighted by molar-refractivity contribution is 0.0696. The van der Waals surface area contributed by atoms with Gasteiger partial charge in [0.2, 0.25) is 0 Å². The Morgan fingerprint density at radius 3 is 2.89 bits per heavy atom. The molecule has 2 aromatic rings. The van der Waals surface area contributed by atoms with Crippen molar-refractivity contribution in [1.29, 1.82) is 0 Å². The van der Waals surface area contributed by atoms with Gasteiger partial charge in [0.25, 0.3) is 0 Å². The van der Waals surface area contributed by atoms with E-state index in [-0.39, 0.29) is 5.56 Å². The van der Waals surface area contributed by atoms with E-state index in [1.54, 1.807) is 11.3 Å². The Kier molecular flexibility index (Phi) is 2.79. The molecule has 94 valence electrons. The van der Waals surface area contributed by atoms with Crippen molar-refractivity contribution in [3.05, 3.63) is 23.3 Å². The molecule has 0 aliphatic carbocycles. The number of carboxylic acids is 1. The van der Waals surface area contributed by atoms with Crippen LogP contribution in [0, 0.1) is 0 Å². The second-order valence-electron chi connectivity index (χ2n) is 4.21. The van der Waals surface area contributed by atoms with E-state index in [2.05, 4.69) is 9.88 Å². The molecular weight excluding hydrogens is 252 g/mol. The van der Waals surface area contributed by atoms with E-state index < -0.39 is 5.97 Å². The molecule has 0 aromatic carbocycles. The van der Waals surface area contributed by atoms with E-state index in [0.29, 0.717) is 11.5 Å². The van der Waals surface area contributed by atoms with Crippen LogP contribution in [0.5, 0.6) is 0 Å². The van der Waals surface area contributed by atoms with Crippen LogP contribution in [0.4, 0.5) is 5.13 Å². The molecule has 0 unspecified atom stereocenters. The van der Waals surface area contributed by atoms with Crippen molar-refractivity contribution in [3.8, 4) is 11.5 Å². The maximum Gasteiger partial charge on any atom is 0.338 e. The Bertz CT molecular complexity index is 569. The highest BCUT2D eigenvalue weighted by Crippen LogP contribution is 2.30. The van der Waals surface area contributed by atoms with Gasteiger partial charge in [-0.2, -0.15) is 0 Å². The van der Waals surface area contributed by atoms with E-state index >= 15 is 0 Å². The summed E-state index contributed by atoms with van der Waals surface area (Å²) in [6, 6.07) is 1.51. The number of furan rings is 1. The zero-order valence-corrected chi connectivity index (χ0v) is 10.4. The SMILES string of the molecule is O=C(O)c1coc(-c2csc(N3CCCC3)n2)c1. The Morgan fingerprint density at radius 1 is 1.44 bits per heavy atom. The second-order valence-corrected chi connectivity index (χ2v) is 5.05. The van der Waals surface area contributed by atoms with Crippen molar-refractivity contribution >= 4 is 22.4 Å². The van der Waals surface area contributed by atoms with Crippen molar-refractivity contribution in [1.82, 2.24) is 4.98 Å². The van der Waals surface area contributed by atoms with Gasteiger partial charge in [-0.25, -0.2) is 9.78 Å². The van der Waals surface area contributed by atoms with Crippen LogP contribution < -0.4 is 4.90 Å². The van der Waals surface area contributed by atoms with Crippen LogP contribution in [-0.2, 0) is 0 Å². The van der Waals surface area contributed by atoms with Crippen molar-refractivity contribution in [2.24, 2.45) is 0 Å². The number of aromatic carboxylic acids is 1. The zero-order valence-electron chi connectivity index (χ0n) is 9.63. The van der Waals surface area contributed by atoms with Gasteiger partial charge in [0, 0.05) is 24.5 Å². The topological polar surface area (TPSA) is 66.6 Å². The lowest BCUT2D eigenvalue weighted by Crippen LogP contribution is -2.16. The Morgan fingerprint density at radius 2 is 2.22 bits per heavy atom. The Hall–Kier alpha value is -1.82. The molecule has 1 aliphatic heterocycles. The molecule has 0 amide bonds. The maximum absolute atomic E-state index is 10.8. The van der Waals surface area contributed by atoms with Crippen LogP contribution in [0.1, 0.15) is 23.2 Å². The number of carbonyl (C=O) groups is 1. The van der Waals surface area contributed by atoms with E-state index in [1.807, 2.05) is 5.38 Å². The molecule has 0 radical (unpaired) electrons. The Labute approximate surface area is 108 Å². The number of hydrogen-bond donors (Lipinski definition) is 1. The van der Waals surface area contributed by atoms with Gasteiger partial charge in [-0.15, -0.1) is 11.3 Å². The minimum Gasteiger partial charge on any atom is -0.478 e. The van der Waals surface area contributed by atoms with Crippen LogP contribution in [0.15, 0.2) is 22.1 Å². The quantitative estimate of drug-likeness (QED) is 0.923. The number of hydrogen-bond acceptors (Lipinski definition) is 5. The number of anilines is 1. The summed E-state index contributed by atoms with van der Waals surface area (Å²) >= 11 is 1.57. The number of rotatable bonds is 3. The van der Waals surface area contributed by atoms with Crippen LogP contribution in [0.25, 0.3) is 11.5 Å². The van der Waals surface area contributed by atoms with E-state index in [4.69, 9.17) is 9.52 Å². The van der Waals surface area contributed by atoms with Crippen molar-refractivity contribution < 1.29 is 14.3 Å². The van der Waals surface area contributed by atoms with Crippen molar-refractivity contribution in [2.45, 2.75) is 12.8 Å². The van der Waals surface area contributed by atoms with E-state index in [9.17, 15) is 4.79 Å². The van der Waals surface area contributed by atoms with Gasteiger partial charge in [-0.1, -0.05) is 0 Å². The van der Waals surface area contributed by atoms with Gasteiger partial charge in [-0.3, -0.25) is 0 Å². The summed E-state index contributed by atoms with van der Waals surface area (Å²) in [7, 11) is 0. The normalized spacial score (nSPS) is 15.2. The first-order valence-corrected chi connectivity index (χ1v) is 6.65. The first kappa shape index (κ1) is 11.3. The molecule has 0 spiro atoms. The Balaban J connectivity index is 1.85. The lowest BCUT2D eigenvalue weighted by Gasteiger charge is -2.11. The third-order valence-corrected chi connectivity index (χ3v) is 3.87. The molecule has 1 fully saturated rings. The first-order valence-electron chi connectivity index (χ1n) is 5.77. The predicted octanol–water partition coefficient (Wildman–Crippen LogP) is 2.70. The van der Waals surface area contributed by atoms with Crippen molar-refractivity contribution in [3.63, 3.8) is 0 Å². The largest absolute Gasteiger partial charge is 0.478 e. The summed E-state index contributed by atoms with van der Waals surface area (Å²) < 4.78 is 5.23. The molecule has 18 heavy (non-hydrogen) atoms. The van der Waals surface area contributed by atoms with Crippen LogP contribution in [-0.4, -0.2) is 29.1 Å². The second kappa shape index (κ2) is 4.45. The molecule has 0 bridgehead atoms. The summed E-state index contributed by atoms with van der Waals surface area (Å²) in [6.45, 7) is 2.09. The molecule has 1 saturated heterocycles. The molecule has 1 N–H and O–H groups in total. The average Bonchev–Trinajstić information content (AvgIpc) is 3.10. The number of nitrogens with zero attached hydrogens (tertiary/aromatic N) is 2. The monoisotopic (exact) mass is 264 g/mol. The van der Waals surface area contributed by atoms with Gasteiger partial charge in [-0.05, 0) is 12.8 Å². The van der Waals surface area contributed by atoms with Gasteiger partial charge in [0.05, 0.1) is 5.56 Å². The minimum absolute atomic E-state index is 0.153. The van der Waals surface area contributed by atoms with E-state index in [1.165, 1.54) is 25.2 Å². The first-order chi connectivity index (χ1) is 8.74. The highest BCUT2D eigenvalue weighted by atomic mass is 32.1. The molecule has 1 aliphatic rings. The standard InChI is InChI=1S/C12H12N2O3S/c15-11(16)8-5-10(17-6-8)9-7-18-12(13-9)14-3-1-2-4-14/h5-7H,1-4H2,(H,15,16). The summed E-state index contributed by atoms with van der Waals surface area (Å²) in [5.74, 6) is -0.478. The molecular formula is C12H12N2O3S. The fraction of sp³-hybridized carbons (Fsp3) is 0.333. The minimum atomic E-state index is -0.986. The summed E-state index contributed by atoms with van der Waals surface area (Å²) in [5.41, 5.74) is 0.857. The van der Waals surface area contributed by atoms with Crippen LogP contribution in [0.3, 0.4) is 0 Å². The van der Waals surface area contributed by atoms with E-state index in [0.717, 1.165) is 18.2 Å². The number of thiazole rings is 1. The highest BCUT2D eigenvalue weighted by molar-refractivity contribution is 7.14. The van der Waals surface area contributed by atoms with Gasteiger partial charge >= 0.3 is 5.97 Å². The van der Waals surface area contributed by atoms with Crippen LogP contribution in [0.2, 0.25) is 0 Å². The molecule has 6 heteroatoms. The highest BCUT2D eigenvalue weighted by Gasteiger charge is 2.18. The van der Waals surface area contributed by atoms with Crippen LogP contribution >= 0.6 is 11.3 Å². The molecule has 0 atom stereocenters. The molecule has 2 aromatic heterocycles. The average molecular weight is 264 g/mol. The molecule has 3 heterocycles.